The summed E-state index contributed by atoms with van der Waals surface area (Å²) in [5, 5.41) is 8.91. The molecule has 0 aromatic heterocycles. The van der Waals surface area contributed by atoms with Gasteiger partial charge in [0.2, 0.25) is 0 Å². The van der Waals surface area contributed by atoms with Crippen molar-refractivity contribution in [2.75, 3.05) is 6.54 Å². The molecule has 0 aromatic rings. The maximum absolute atomic E-state index is 11.8. The van der Waals surface area contributed by atoms with Gasteiger partial charge >= 0.3 is 12.1 Å². The van der Waals surface area contributed by atoms with Crippen LogP contribution in [0.1, 0.15) is 27.2 Å². The van der Waals surface area contributed by atoms with E-state index in [1.807, 2.05) is 0 Å². The monoisotopic (exact) mass is 227 g/mol. The van der Waals surface area contributed by atoms with E-state index >= 15 is 0 Å². The zero-order chi connectivity index (χ0) is 12.1. The lowest BCUT2D eigenvalue weighted by Crippen LogP contribution is -2.38. The number of fused-ring (bicyclic) bond motifs is 1. The molecule has 3 unspecified atom stereocenters. The van der Waals surface area contributed by atoms with Crippen molar-refractivity contribution in [1.29, 1.82) is 0 Å². The standard InChI is InChI=1S/C11H17NO4/c1-11(2,3)16-10(15)12-5-4-6-7(8(6)12)9(13)14/h6-8H,4-5H2,1-3H3,(H,13,14). The molecule has 5 heteroatoms. The van der Waals surface area contributed by atoms with E-state index in [2.05, 4.69) is 0 Å². The molecule has 2 aliphatic rings. The fourth-order valence-electron chi connectivity index (χ4n) is 2.43. The Bertz CT molecular complexity index is 333. The second-order valence-electron chi connectivity index (χ2n) is 5.48. The number of nitrogens with zero attached hydrogens (tertiary/aromatic N) is 1. The van der Waals surface area contributed by atoms with E-state index in [1.165, 1.54) is 0 Å². The quantitative estimate of drug-likeness (QED) is 0.733. The van der Waals surface area contributed by atoms with Crippen LogP contribution in [0.4, 0.5) is 4.79 Å². The fraction of sp³-hybridized carbons (Fsp3) is 0.818. The molecule has 3 atom stereocenters. The second-order valence-corrected chi connectivity index (χ2v) is 5.48. The van der Waals surface area contributed by atoms with E-state index in [-0.39, 0.29) is 24.0 Å². The van der Waals surface area contributed by atoms with Crippen LogP contribution >= 0.6 is 0 Å². The van der Waals surface area contributed by atoms with E-state index in [4.69, 9.17) is 9.84 Å². The molecule has 1 saturated carbocycles. The second kappa shape index (κ2) is 3.37. The van der Waals surface area contributed by atoms with Crippen molar-refractivity contribution >= 4 is 12.1 Å². The molecule has 5 nitrogen and oxygen atoms in total. The molecule has 2 rings (SSSR count). The van der Waals surface area contributed by atoms with Crippen LogP contribution in [0.3, 0.4) is 0 Å². The third-order valence-electron chi connectivity index (χ3n) is 3.10. The third kappa shape index (κ3) is 1.86. The molecule has 0 radical (unpaired) electrons. The van der Waals surface area contributed by atoms with Gasteiger partial charge in [-0.15, -0.1) is 0 Å². The Morgan fingerprint density at radius 2 is 2.00 bits per heavy atom. The van der Waals surface area contributed by atoms with Crippen molar-refractivity contribution in [1.82, 2.24) is 4.90 Å². The average molecular weight is 227 g/mol. The molecule has 2 fully saturated rings. The van der Waals surface area contributed by atoms with Gasteiger partial charge in [0.05, 0.1) is 12.0 Å². The molecule has 0 spiro atoms. The summed E-state index contributed by atoms with van der Waals surface area (Å²) >= 11 is 0. The Balaban J connectivity index is 1.97. The summed E-state index contributed by atoms with van der Waals surface area (Å²) < 4.78 is 5.24. The largest absolute Gasteiger partial charge is 0.481 e. The summed E-state index contributed by atoms with van der Waals surface area (Å²) in [6, 6.07) is -0.132. The van der Waals surface area contributed by atoms with Crippen molar-refractivity contribution in [3.8, 4) is 0 Å². The van der Waals surface area contributed by atoms with Gasteiger partial charge in [0.15, 0.2) is 0 Å². The average Bonchev–Trinajstić information content (AvgIpc) is 2.64. The van der Waals surface area contributed by atoms with Gasteiger partial charge in [-0.25, -0.2) is 4.79 Å². The smallest absolute Gasteiger partial charge is 0.410 e. The van der Waals surface area contributed by atoms with Crippen LogP contribution in [0.25, 0.3) is 0 Å². The Morgan fingerprint density at radius 3 is 2.44 bits per heavy atom. The predicted molar refractivity (Wildman–Crippen MR) is 56.0 cm³/mol. The first kappa shape index (κ1) is 11.2. The van der Waals surface area contributed by atoms with E-state index in [9.17, 15) is 9.59 Å². The summed E-state index contributed by atoms with van der Waals surface area (Å²) in [6.45, 7) is 6.04. The van der Waals surface area contributed by atoms with Gasteiger partial charge < -0.3 is 14.7 Å². The Kier molecular flexibility index (Phi) is 2.36. The zero-order valence-electron chi connectivity index (χ0n) is 9.77. The lowest BCUT2D eigenvalue weighted by atomic mass is 10.2. The van der Waals surface area contributed by atoms with Gasteiger partial charge in [-0.3, -0.25) is 4.79 Å². The van der Waals surface area contributed by atoms with Gasteiger partial charge in [-0.2, -0.15) is 0 Å². The minimum Gasteiger partial charge on any atom is -0.481 e. The van der Waals surface area contributed by atoms with E-state index in [0.29, 0.717) is 6.54 Å². The maximum atomic E-state index is 11.8. The molecule has 1 saturated heterocycles. The molecule has 1 N–H and O–H groups in total. The van der Waals surface area contributed by atoms with Gasteiger partial charge in [0.1, 0.15) is 5.60 Å². The van der Waals surface area contributed by atoms with Gasteiger partial charge in [-0.1, -0.05) is 0 Å². The number of amides is 1. The highest BCUT2D eigenvalue weighted by molar-refractivity contribution is 5.79. The Hall–Kier alpha value is -1.26. The first-order valence-corrected chi connectivity index (χ1v) is 5.54. The first-order chi connectivity index (χ1) is 7.31. The topological polar surface area (TPSA) is 66.8 Å². The number of ether oxygens (including phenoxy) is 1. The molecule has 0 bridgehead atoms. The minimum absolute atomic E-state index is 0.132. The van der Waals surface area contributed by atoms with Crippen LogP contribution in [-0.2, 0) is 9.53 Å². The molecule has 1 aliphatic carbocycles. The number of piperidine rings is 1. The number of carbonyl (C=O) groups is 2. The van der Waals surface area contributed by atoms with Gasteiger partial charge in [-0.05, 0) is 33.1 Å². The molecule has 1 amide bonds. The molecule has 0 aromatic carbocycles. The molecule has 16 heavy (non-hydrogen) atoms. The molecule has 90 valence electrons. The number of rotatable bonds is 1. The van der Waals surface area contributed by atoms with Crippen LogP contribution in [0.15, 0.2) is 0 Å². The highest BCUT2D eigenvalue weighted by Gasteiger charge is 2.63. The molecular formula is C11H17NO4. The van der Waals surface area contributed by atoms with Gasteiger partial charge in [0, 0.05) is 6.54 Å². The van der Waals surface area contributed by atoms with Crippen LogP contribution < -0.4 is 0 Å². The van der Waals surface area contributed by atoms with Crippen LogP contribution in [0, 0.1) is 11.8 Å². The zero-order valence-corrected chi connectivity index (χ0v) is 9.77. The number of hydrogen-bond acceptors (Lipinski definition) is 3. The number of aliphatic carboxylic acids is 1. The number of carboxylic acids is 1. The number of carboxylic acid groups (broad SMARTS) is 1. The molecular weight excluding hydrogens is 210 g/mol. The highest BCUT2D eigenvalue weighted by atomic mass is 16.6. The van der Waals surface area contributed by atoms with Crippen molar-refractivity contribution in [2.24, 2.45) is 11.8 Å². The number of hydrogen-bond donors (Lipinski definition) is 1. The summed E-state index contributed by atoms with van der Waals surface area (Å²) in [7, 11) is 0. The summed E-state index contributed by atoms with van der Waals surface area (Å²) in [5.41, 5.74) is -0.525. The summed E-state index contributed by atoms with van der Waals surface area (Å²) in [4.78, 5) is 24.2. The Labute approximate surface area is 94.4 Å². The highest BCUT2D eigenvalue weighted by Crippen LogP contribution is 2.51. The fourth-order valence-corrected chi connectivity index (χ4v) is 2.43. The van der Waals surface area contributed by atoms with Crippen molar-refractivity contribution in [2.45, 2.75) is 38.8 Å². The molecule has 1 heterocycles. The third-order valence-corrected chi connectivity index (χ3v) is 3.10. The van der Waals surface area contributed by atoms with Crippen molar-refractivity contribution in [3.05, 3.63) is 0 Å². The van der Waals surface area contributed by atoms with Crippen molar-refractivity contribution in [3.63, 3.8) is 0 Å². The number of carbonyl (C=O) groups excluding carboxylic acids is 1. The van der Waals surface area contributed by atoms with E-state index in [0.717, 1.165) is 6.42 Å². The van der Waals surface area contributed by atoms with Crippen LogP contribution in [-0.4, -0.2) is 40.3 Å². The maximum Gasteiger partial charge on any atom is 0.410 e. The van der Waals surface area contributed by atoms with Crippen molar-refractivity contribution < 1.29 is 19.4 Å². The normalized spacial score (nSPS) is 32.2. The lowest BCUT2D eigenvalue weighted by molar-refractivity contribution is -0.139. The van der Waals surface area contributed by atoms with Crippen LogP contribution in [0.5, 0.6) is 0 Å². The summed E-state index contributed by atoms with van der Waals surface area (Å²) in [6.07, 6.45) is 0.393. The lowest BCUT2D eigenvalue weighted by Gasteiger charge is -2.25. The van der Waals surface area contributed by atoms with E-state index < -0.39 is 11.6 Å². The predicted octanol–water partition coefficient (Wildman–Crippen LogP) is 1.33. The SMILES string of the molecule is CC(C)(C)OC(=O)N1CCC2C(C(=O)O)C21. The summed E-state index contributed by atoms with van der Waals surface area (Å²) in [5.74, 6) is -1.03. The van der Waals surface area contributed by atoms with Crippen LogP contribution in [0.2, 0.25) is 0 Å². The van der Waals surface area contributed by atoms with Gasteiger partial charge in [0.25, 0.3) is 0 Å². The molecule has 1 aliphatic heterocycles. The minimum atomic E-state index is -0.803. The number of likely N-dealkylation sites (tertiary alicyclic amines) is 1. The first-order valence-electron chi connectivity index (χ1n) is 5.54. The van der Waals surface area contributed by atoms with E-state index in [1.54, 1.807) is 25.7 Å². The Morgan fingerprint density at radius 1 is 1.38 bits per heavy atom.